The molecule has 128 valence electrons. The Balaban J connectivity index is 1.58. The Morgan fingerprint density at radius 1 is 1.33 bits per heavy atom. The van der Waals surface area contributed by atoms with Crippen molar-refractivity contribution >= 4 is 32.7 Å². The molecule has 1 aromatic heterocycles. The molecule has 0 unspecified atom stereocenters. The number of rotatable bonds is 4. The minimum absolute atomic E-state index is 0.0624. The van der Waals surface area contributed by atoms with Gasteiger partial charge in [0.15, 0.2) is 16.4 Å². The van der Waals surface area contributed by atoms with Gasteiger partial charge in [-0.2, -0.15) is 0 Å². The quantitative estimate of drug-likeness (QED) is 0.831. The molecule has 3 rings (SSSR count). The van der Waals surface area contributed by atoms with Crippen LogP contribution in [0.15, 0.2) is 28.7 Å². The van der Waals surface area contributed by atoms with Crippen LogP contribution in [0.1, 0.15) is 22.5 Å². The van der Waals surface area contributed by atoms with E-state index >= 15 is 0 Å². The largest absolute Gasteiger partial charge is 0.450 e. The van der Waals surface area contributed by atoms with Crippen LogP contribution in [-0.2, 0) is 19.4 Å². The van der Waals surface area contributed by atoms with Gasteiger partial charge in [0.2, 0.25) is 5.76 Å². The number of nitrogens with one attached hydrogen (secondary N) is 1. The van der Waals surface area contributed by atoms with Crippen LogP contribution >= 0.6 is 0 Å². The van der Waals surface area contributed by atoms with E-state index in [2.05, 4.69) is 5.32 Å². The number of ether oxygens (including phenoxy) is 1. The first kappa shape index (κ1) is 16.5. The van der Waals surface area contributed by atoms with E-state index in [9.17, 15) is 18.0 Å². The molecule has 1 atom stereocenters. The van der Waals surface area contributed by atoms with Gasteiger partial charge in [0.05, 0.1) is 11.5 Å². The SMILES string of the molecule is Cc1c(C(=O)OCC(=O)N[C@@H]2CCS(=O)(=O)C2)oc2ccccc12. The highest BCUT2D eigenvalue weighted by Gasteiger charge is 2.29. The van der Waals surface area contributed by atoms with Gasteiger partial charge in [0.1, 0.15) is 5.58 Å². The number of fused-ring (bicyclic) bond motifs is 1. The number of carbonyl (C=O) groups is 2. The van der Waals surface area contributed by atoms with Crippen LogP contribution in [0, 0.1) is 6.92 Å². The lowest BCUT2D eigenvalue weighted by Gasteiger charge is -2.10. The second-order valence-electron chi connectivity index (χ2n) is 5.80. The van der Waals surface area contributed by atoms with Crippen molar-refractivity contribution in [1.29, 1.82) is 0 Å². The van der Waals surface area contributed by atoms with E-state index in [-0.39, 0.29) is 17.3 Å². The van der Waals surface area contributed by atoms with Crippen molar-refractivity contribution in [3.8, 4) is 0 Å². The first-order valence-corrected chi connectivity index (χ1v) is 9.33. The highest BCUT2D eigenvalue weighted by Crippen LogP contribution is 2.25. The topological polar surface area (TPSA) is 103 Å². The summed E-state index contributed by atoms with van der Waals surface area (Å²) < 4.78 is 33.1. The Kier molecular flexibility index (Phi) is 4.31. The zero-order valence-electron chi connectivity index (χ0n) is 13.1. The molecule has 1 fully saturated rings. The van der Waals surface area contributed by atoms with Gasteiger partial charge < -0.3 is 14.5 Å². The summed E-state index contributed by atoms with van der Waals surface area (Å²) in [6, 6.07) is 6.78. The number of furan rings is 1. The number of aryl methyl sites for hydroxylation is 1. The number of amides is 1. The molecule has 0 bridgehead atoms. The van der Waals surface area contributed by atoms with Gasteiger partial charge in [-0.1, -0.05) is 18.2 Å². The van der Waals surface area contributed by atoms with Crippen molar-refractivity contribution in [1.82, 2.24) is 5.32 Å². The molecule has 0 aliphatic carbocycles. The van der Waals surface area contributed by atoms with Crippen LogP contribution in [0.5, 0.6) is 0 Å². The number of sulfone groups is 1. The van der Waals surface area contributed by atoms with Crippen LogP contribution in [0.4, 0.5) is 0 Å². The normalized spacial score (nSPS) is 19.3. The van der Waals surface area contributed by atoms with Crippen molar-refractivity contribution in [2.24, 2.45) is 0 Å². The molecule has 2 aromatic rings. The Hall–Kier alpha value is -2.35. The maximum absolute atomic E-state index is 12.1. The third kappa shape index (κ3) is 3.43. The van der Waals surface area contributed by atoms with Crippen molar-refractivity contribution in [3.63, 3.8) is 0 Å². The van der Waals surface area contributed by atoms with Crippen LogP contribution in [0.25, 0.3) is 11.0 Å². The fourth-order valence-corrected chi connectivity index (χ4v) is 4.42. The molecule has 1 saturated heterocycles. The number of hydrogen-bond acceptors (Lipinski definition) is 6. The Morgan fingerprint density at radius 3 is 2.75 bits per heavy atom. The maximum Gasteiger partial charge on any atom is 0.375 e. The van der Waals surface area contributed by atoms with E-state index < -0.39 is 34.4 Å². The minimum Gasteiger partial charge on any atom is -0.450 e. The average Bonchev–Trinajstić information content (AvgIpc) is 3.05. The van der Waals surface area contributed by atoms with Gasteiger partial charge in [-0.15, -0.1) is 0 Å². The van der Waals surface area contributed by atoms with Crippen molar-refractivity contribution in [2.75, 3.05) is 18.1 Å². The molecule has 1 N–H and O–H groups in total. The van der Waals surface area contributed by atoms with E-state index in [4.69, 9.17) is 9.15 Å². The predicted octanol–water partition coefficient (Wildman–Crippen LogP) is 1.20. The molecule has 7 nitrogen and oxygen atoms in total. The number of esters is 1. The number of para-hydroxylation sites is 1. The number of carbonyl (C=O) groups excluding carboxylic acids is 2. The molecule has 1 aliphatic heterocycles. The molecule has 1 aromatic carbocycles. The van der Waals surface area contributed by atoms with E-state index in [1.165, 1.54) is 0 Å². The maximum atomic E-state index is 12.1. The predicted molar refractivity (Wildman–Crippen MR) is 86.4 cm³/mol. The van der Waals surface area contributed by atoms with Crippen LogP contribution in [0.2, 0.25) is 0 Å². The summed E-state index contributed by atoms with van der Waals surface area (Å²) >= 11 is 0. The third-order valence-corrected chi connectivity index (χ3v) is 5.73. The molecule has 8 heteroatoms. The second kappa shape index (κ2) is 6.27. The lowest BCUT2D eigenvalue weighted by atomic mass is 10.1. The van der Waals surface area contributed by atoms with Gasteiger partial charge in [-0.3, -0.25) is 4.79 Å². The minimum atomic E-state index is -3.07. The Bertz CT molecular complexity index is 898. The molecular weight excluding hydrogens is 334 g/mol. The molecule has 2 heterocycles. The monoisotopic (exact) mass is 351 g/mol. The molecule has 1 amide bonds. The summed E-state index contributed by atoms with van der Waals surface area (Å²) in [5.74, 6) is -1.20. The zero-order valence-corrected chi connectivity index (χ0v) is 13.9. The molecule has 0 saturated carbocycles. The summed E-state index contributed by atoms with van der Waals surface area (Å²) in [5.41, 5.74) is 1.22. The fraction of sp³-hybridized carbons (Fsp3) is 0.375. The third-order valence-electron chi connectivity index (χ3n) is 3.96. The first-order chi connectivity index (χ1) is 11.4. The van der Waals surface area contributed by atoms with E-state index in [0.717, 1.165) is 5.39 Å². The molecule has 1 aliphatic rings. The van der Waals surface area contributed by atoms with Crippen molar-refractivity contribution in [2.45, 2.75) is 19.4 Å². The van der Waals surface area contributed by atoms with Gasteiger partial charge in [0.25, 0.3) is 5.91 Å². The first-order valence-electron chi connectivity index (χ1n) is 7.51. The van der Waals surface area contributed by atoms with Crippen LogP contribution < -0.4 is 5.32 Å². The summed E-state index contributed by atoms with van der Waals surface area (Å²) in [5, 5.41) is 3.37. The van der Waals surface area contributed by atoms with Crippen LogP contribution in [0.3, 0.4) is 0 Å². The lowest BCUT2D eigenvalue weighted by Crippen LogP contribution is -2.38. The Labute approximate surface area is 138 Å². The lowest BCUT2D eigenvalue weighted by molar-refractivity contribution is -0.124. The van der Waals surface area contributed by atoms with E-state index in [1.807, 2.05) is 12.1 Å². The Morgan fingerprint density at radius 2 is 2.08 bits per heavy atom. The van der Waals surface area contributed by atoms with Crippen molar-refractivity contribution in [3.05, 3.63) is 35.6 Å². The van der Waals surface area contributed by atoms with Crippen molar-refractivity contribution < 1.29 is 27.2 Å². The molecule has 0 spiro atoms. The summed E-state index contributed by atoms with van der Waals surface area (Å²) in [6.07, 6.45) is 0.380. The summed E-state index contributed by atoms with van der Waals surface area (Å²) in [4.78, 5) is 23.9. The summed E-state index contributed by atoms with van der Waals surface area (Å²) in [7, 11) is -3.07. The fourth-order valence-electron chi connectivity index (χ4n) is 2.74. The van der Waals surface area contributed by atoms with Gasteiger partial charge in [-0.25, -0.2) is 13.2 Å². The zero-order chi connectivity index (χ0) is 17.3. The highest BCUT2D eigenvalue weighted by atomic mass is 32.2. The summed E-state index contributed by atoms with van der Waals surface area (Å²) in [6.45, 7) is 1.26. The number of hydrogen-bond donors (Lipinski definition) is 1. The van der Waals surface area contributed by atoms with Gasteiger partial charge >= 0.3 is 5.97 Å². The average molecular weight is 351 g/mol. The molecule has 24 heavy (non-hydrogen) atoms. The number of benzene rings is 1. The van der Waals surface area contributed by atoms with Gasteiger partial charge in [-0.05, 0) is 19.4 Å². The standard InChI is InChI=1S/C16H17NO6S/c1-10-12-4-2-3-5-13(12)23-15(10)16(19)22-8-14(18)17-11-6-7-24(20,21)9-11/h2-5,11H,6-9H2,1H3,(H,17,18)/t11-/m1/s1. The molecular formula is C16H17NO6S. The smallest absolute Gasteiger partial charge is 0.375 e. The highest BCUT2D eigenvalue weighted by molar-refractivity contribution is 7.91. The molecule has 0 radical (unpaired) electrons. The van der Waals surface area contributed by atoms with Gasteiger partial charge in [0, 0.05) is 17.0 Å². The second-order valence-corrected chi connectivity index (χ2v) is 8.02. The van der Waals surface area contributed by atoms with Crippen LogP contribution in [-0.4, -0.2) is 44.4 Å². The van der Waals surface area contributed by atoms with E-state index in [0.29, 0.717) is 17.6 Å². The van der Waals surface area contributed by atoms with E-state index in [1.54, 1.807) is 19.1 Å².